The first-order chi connectivity index (χ1) is 15.2. The van der Waals surface area contributed by atoms with Gasteiger partial charge >= 0.3 is 12.0 Å². The van der Waals surface area contributed by atoms with Crippen LogP contribution in [0.5, 0.6) is 0 Å². The Labute approximate surface area is 184 Å². The third kappa shape index (κ3) is 3.68. The van der Waals surface area contributed by atoms with Crippen molar-refractivity contribution in [3.8, 4) is 5.69 Å². The number of urea groups is 1. The molecule has 0 atom stereocenters. The van der Waals surface area contributed by atoms with E-state index in [1.165, 1.54) is 6.07 Å². The van der Waals surface area contributed by atoms with E-state index in [4.69, 9.17) is 4.74 Å². The van der Waals surface area contributed by atoms with E-state index in [1.54, 1.807) is 42.7 Å². The summed E-state index contributed by atoms with van der Waals surface area (Å²) in [5.41, 5.74) is 0.892. The van der Waals surface area contributed by atoms with Crippen LogP contribution >= 0.6 is 0 Å². The summed E-state index contributed by atoms with van der Waals surface area (Å²) in [6.07, 6.45) is 2.78. The van der Waals surface area contributed by atoms with Gasteiger partial charge in [0.2, 0.25) is 5.78 Å². The van der Waals surface area contributed by atoms with Crippen molar-refractivity contribution in [3.63, 3.8) is 0 Å². The van der Waals surface area contributed by atoms with Gasteiger partial charge in [-0.3, -0.25) is 19.3 Å². The monoisotopic (exact) mass is 441 g/mol. The Morgan fingerprint density at radius 2 is 1.84 bits per heavy atom. The van der Waals surface area contributed by atoms with E-state index in [1.807, 2.05) is 0 Å². The highest BCUT2D eigenvalue weighted by molar-refractivity contribution is 6.09. The SMILES string of the molecule is Cc1cc(C(=O)COC(=O)CN2C(=O)NC3(CCCC3)C2=O)c(C)n1-c1ccccc1F. The Balaban J connectivity index is 1.41. The fourth-order valence-corrected chi connectivity index (χ4v) is 4.58. The fraction of sp³-hybridized carbons (Fsp3) is 0.391. The number of nitrogens with one attached hydrogen (secondary N) is 1. The summed E-state index contributed by atoms with van der Waals surface area (Å²) >= 11 is 0. The lowest BCUT2D eigenvalue weighted by molar-refractivity contribution is -0.146. The van der Waals surface area contributed by atoms with Gasteiger partial charge in [-0.1, -0.05) is 25.0 Å². The lowest BCUT2D eigenvalue weighted by Gasteiger charge is -2.19. The first-order valence-corrected chi connectivity index (χ1v) is 10.5. The number of carbonyl (C=O) groups is 4. The summed E-state index contributed by atoms with van der Waals surface area (Å²) < 4.78 is 20.9. The van der Waals surface area contributed by atoms with Crippen molar-refractivity contribution in [1.82, 2.24) is 14.8 Å². The van der Waals surface area contributed by atoms with E-state index in [-0.39, 0.29) is 0 Å². The van der Waals surface area contributed by atoms with Crippen molar-refractivity contribution in [2.45, 2.75) is 45.1 Å². The van der Waals surface area contributed by atoms with Gasteiger partial charge in [-0.2, -0.15) is 0 Å². The Hall–Kier alpha value is -3.49. The van der Waals surface area contributed by atoms with Crippen molar-refractivity contribution in [2.24, 2.45) is 0 Å². The topological polar surface area (TPSA) is 97.7 Å². The predicted molar refractivity (Wildman–Crippen MR) is 112 cm³/mol. The van der Waals surface area contributed by atoms with E-state index in [0.717, 1.165) is 17.7 Å². The van der Waals surface area contributed by atoms with Crippen LogP contribution in [0.25, 0.3) is 5.69 Å². The highest BCUT2D eigenvalue weighted by Crippen LogP contribution is 2.35. The number of Topliss-reactive ketones (excluding diaryl/α,β-unsaturated/α-hetero) is 1. The van der Waals surface area contributed by atoms with Gasteiger partial charge in [0.1, 0.15) is 17.9 Å². The van der Waals surface area contributed by atoms with Gasteiger partial charge in [0.25, 0.3) is 5.91 Å². The van der Waals surface area contributed by atoms with Crippen molar-refractivity contribution in [1.29, 1.82) is 0 Å². The molecule has 1 saturated heterocycles. The normalized spacial score (nSPS) is 17.2. The molecule has 1 aliphatic heterocycles. The fourth-order valence-electron chi connectivity index (χ4n) is 4.58. The van der Waals surface area contributed by atoms with Crippen LogP contribution in [-0.4, -0.2) is 51.8 Å². The summed E-state index contributed by atoms with van der Waals surface area (Å²) in [5.74, 6) is -2.15. The molecule has 2 aromatic rings. The zero-order chi connectivity index (χ0) is 23.0. The number of ketones is 1. The molecule has 0 radical (unpaired) electrons. The predicted octanol–water partition coefficient (Wildman–Crippen LogP) is 2.82. The average Bonchev–Trinajstić information content (AvgIpc) is 3.41. The molecule has 1 saturated carbocycles. The second kappa shape index (κ2) is 8.22. The number of aryl methyl sites for hydroxylation is 1. The molecule has 2 fully saturated rings. The van der Waals surface area contributed by atoms with Crippen molar-refractivity contribution in [3.05, 3.63) is 53.1 Å². The highest BCUT2D eigenvalue weighted by Gasteiger charge is 2.52. The third-order valence-corrected chi connectivity index (χ3v) is 6.18. The van der Waals surface area contributed by atoms with E-state index in [2.05, 4.69) is 5.32 Å². The molecule has 1 N–H and O–H groups in total. The quantitative estimate of drug-likeness (QED) is 0.422. The van der Waals surface area contributed by atoms with Crippen LogP contribution < -0.4 is 5.32 Å². The third-order valence-electron chi connectivity index (χ3n) is 6.18. The Morgan fingerprint density at radius 1 is 1.16 bits per heavy atom. The zero-order valence-corrected chi connectivity index (χ0v) is 17.9. The van der Waals surface area contributed by atoms with Crippen molar-refractivity contribution < 1.29 is 28.3 Å². The van der Waals surface area contributed by atoms with Gasteiger partial charge in [0.05, 0.1) is 5.69 Å². The number of amides is 3. The molecule has 1 aromatic carbocycles. The zero-order valence-electron chi connectivity index (χ0n) is 17.9. The molecule has 0 unspecified atom stereocenters. The molecular formula is C23H24FN3O5. The van der Waals surface area contributed by atoms with Gasteiger partial charge in [-0.05, 0) is 44.9 Å². The Morgan fingerprint density at radius 3 is 2.53 bits per heavy atom. The molecule has 4 rings (SSSR count). The van der Waals surface area contributed by atoms with E-state index < -0.39 is 48.2 Å². The summed E-state index contributed by atoms with van der Waals surface area (Å²) in [4.78, 5) is 50.6. The molecule has 1 aromatic heterocycles. The van der Waals surface area contributed by atoms with Crippen LogP contribution in [0.4, 0.5) is 9.18 Å². The maximum atomic E-state index is 14.2. The maximum Gasteiger partial charge on any atom is 0.326 e. The van der Waals surface area contributed by atoms with Gasteiger partial charge in [-0.15, -0.1) is 0 Å². The maximum absolute atomic E-state index is 14.2. The number of carbonyl (C=O) groups excluding carboxylic acids is 4. The molecule has 32 heavy (non-hydrogen) atoms. The van der Waals surface area contributed by atoms with Crippen LogP contribution in [-0.2, 0) is 14.3 Å². The number of hydrogen-bond donors (Lipinski definition) is 1. The smallest absolute Gasteiger partial charge is 0.326 e. The van der Waals surface area contributed by atoms with Gasteiger partial charge in [-0.25, -0.2) is 9.18 Å². The number of nitrogens with zero attached hydrogens (tertiary/aromatic N) is 2. The molecule has 2 aliphatic rings. The molecule has 1 aliphatic carbocycles. The van der Waals surface area contributed by atoms with E-state index in [0.29, 0.717) is 35.5 Å². The average molecular weight is 441 g/mol. The molecular weight excluding hydrogens is 417 g/mol. The Kier molecular flexibility index (Phi) is 5.58. The van der Waals surface area contributed by atoms with Crippen molar-refractivity contribution >= 4 is 23.7 Å². The summed E-state index contributed by atoms with van der Waals surface area (Å²) in [7, 11) is 0. The number of benzene rings is 1. The van der Waals surface area contributed by atoms with Crippen LogP contribution in [0.2, 0.25) is 0 Å². The Bertz CT molecular complexity index is 1120. The summed E-state index contributed by atoms with van der Waals surface area (Å²) in [5, 5.41) is 2.69. The molecule has 1 spiro atoms. The minimum absolute atomic E-state index is 0.304. The number of ether oxygens (including phenoxy) is 1. The molecule has 8 nitrogen and oxygen atoms in total. The van der Waals surface area contributed by atoms with Gasteiger partial charge < -0.3 is 14.6 Å². The minimum Gasteiger partial charge on any atom is -0.456 e. The number of esters is 1. The van der Waals surface area contributed by atoms with Crippen LogP contribution in [0.1, 0.15) is 47.4 Å². The lowest BCUT2D eigenvalue weighted by Crippen LogP contribution is -2.44. The highest BCUT2D eigenvalue weighted by atomic mass is 19.1. The minimum atomic E-state index is -0.905. The molecule has 0 bridgehead atoms. The van der Waals surface area contributed by atoms with Gasteiger partial charge in [0, 0.05) is 17.0 Å². The molecule has 3 amide bonds. The van der Waals surface area contributed by atoms with Crippen LogP contribution in [0.3, 0.4) is 0 Å². The lowest BCUT2D eigenvalue weighted by atomic mass is 9.98. The standard InChI is InChI=1S/C23H24FN3O5/c1-14-11-16(15(2)27(14)18-8-4-3-7-17(18)24)19(28)13-32-20(29)12-26-21(30)23(25-22(26)31)9-5-6-10-23/h3-4,7-8,11H,5-6,9-10,12-13H2,1-2H3,(H,25,31). The number of halogens is 1. The summed E-state index contributed by atoms with van der Waals surface area (Å²) in [6.45, 7) is 2.34. The number of para-hydroxylation sites is 1. The molecule has 2 heterocycles. The number of hydrogen-bond acceptors (Lipinski definition) is 5. The number of rotatable bonds is 6. The summed E-state index contributed by atoms with van der Waals surface area (Å²) in [6, 6.07) is 7.22. The number of imide groups is 1. The molecule has 9 heteroatoms. The van der Waals surface area contributed by atoms with Crippen LogP contribution in [0.15, 0.2) is 30.3 Å². The first kappa shape index (κ1) is 21.7. The molecule has 168 valence electrons. The van der Waals surface area contributed by atoms with Gasteiger partial charge in [0.15, 0.2) is 6.61 Å². The number of aromatic nitrogens is 1. The van der Waals surface area contributed by atoms with E-state index >= 15 is 0 Å². The second-order valence-electron chi connectivity index (χ2n) is 8.27. The second-order valence-corrected chi connectivity index (χ2v) is 8.27. The van der Waals surface area contributed by atoms with E-state index in [9.17, 15) is 23.6 Å². The van der Waals surface area contributed by atoms with Crippen molar-refractivity contribution in [2.75, 3.05) is 13.2 Å². The first-order valence-electron chi connectivity index (χ1n) is 10.5. The van der Waals surface area contributed by atoms with Crippen LogP contribution in [0, 0.1) is 19.7 Å². The largest absolute Gasteiger partial charge is 0.456 e.